The molecule has 1 aromatic heterocycles. The summed E-state index contributed by atoms with van der Waals surface area (Å²) in [5, 5.41) is 0. The molecule has 0 aliphatic heterocycles. The van der Waals surface area contributed by atoms with Crippen LogP contribution in [0, 0.1) is 19.7 Å². The van der Waals surface area contributed by atoms with E-state index in [4.69, 9.17) is 4.74 Å². The number of ether oxygens (including phenoxy) is 1. The van der Waals surface area contributed by atoms with E-state index in [2.05, 4.69) is 4.98 Å². The Bertz CT molecular complexity index is 686. The van der Waals surface area contributed by atoms with Gasteiger partial charge in [-0.05, 0) is 50.6 Å². The zero-order chi connectivity index (χ0) is 15.6. The van der Waals surface area contributed by atoms with E-state index < -0.39 is 11.8 Å². The number of rotatable bonds is 4. The summed E-state index contributed by atoms with van der Waals surface area (Å²) in [6, 6.07) is 5.31. The number of hydrogen-bond acceptors (Lipinski definition) is 3. The molecular weight excluding hydrogens is 273 g/mol. The number of nitrogens with one attached hydrogen (secondary N) is 1. The van der Waals surface area contributed by atoms with Crippen LogP contribution in [0.2, 0.25) is 0 Å². The van der Waals surface area contributed by atoms with E-state index in [1.54, 1.807) is 20.8 Å². The molecule has 0 saturated carbocycles. The number of carbonyl (C=O) groups is 2. The van der Waals surface area contributed by atoms with Gasteiger partial charge in [-0.25, -0.2) is 9.18 Å². The molecular formula is C16H16FNO3. The molecule has 0 aliphatic rings. The molecule has 4 nitrogen and oxygen atoms in total. The normalized spacial score (nSPS) is 10.5. The first-order chi connectivity index (χ1) is 9.95. The summed E-state index contributed by atoms with van der Waals surface area (Å²) in [6.45, 7) is 5.38. The first-order valence-corrected chi connectivity index (χ1v) is 6.62. The number of aryl methyl sites for hydroxylation is 1. The first kappa shape index (κ1) is 15.0. The Morgan fingerprint density at radius 2 is 1.81 bits per heavy atom. The lowest BCUT2D eigenvalue weighted by atomic mass is 9.99. The molecule has 0 spiro atoms. The fourth-order valence-electron chi connectivity index (χ4n) is 2.24. The van der Waals surface area contributed by atoms with Gasteiger partial charge in [0.25, 0.3) is 0 Å². The highest BCUT2D eigenvalue weighted by molar-refractivity contribution is 6.12. The van der Waals surface area contributed by atoms with Crippen molar-refractivity contribution in [1.82, 2.24) is 4.98 Å². The van der Waals surface area contributed by atoms with E-state index in [0.717, 1.165) is 0 Å². The minimum Gasteiger partial charge on any atom is -0.461 e. The van der Waals surface area contributed by atoms with Crippen LogP contribution in [-0.4, -0.2) is 23.3 Å². The fourth-order valence-corrected chi connectivity index (χ4v) is 2.24. The summed E-state index contributed by atoms with van der Waals surface area (Å²) in [5.74, 6) is -1.14. The third-order valence-corrected chi connectivity index (χ3v) is 3.25. The largest absolute Gasteiger partial charge is 0.461 e. The van der Waals surface area contributed by atoms with Gasteiger partial charge in [0.05, 0.1) is 6.61 Å². The maximum absolute atomic E-state index is 12.9. The lowest BCUT2D eigenvalue weighted by Gasteiger charge is -2.03. The Hall–Kier alpha value is -2.43. The molecule has 5 heteroatoms. The molecule has 1 N–H and O–H groups in total. The van der Waals surface area contributed by atoms with Crippen LogP contribution in [0.1, 0.15) is 44.6 Å². The molecule has 0 radical (unpaired) electrons. The van der Waals surface area contributed by atoms with Crippen molar-refractivity contribution in [3.63, 3.8) is 0 Å². The van der Waals surface area contributed by atoms with Crippen LogP contribution < -0.4 is 0 Å². The molecule has 21 heavy (non-hydrogen) atoms. The third-order valence-electron chi connectivity index (χ3n) is 3.25. The van der Waals surface area contributed by atoms with Crippen molar-refractivity contribution in [2.45, 2.75) is 20.8 Å². The fraction of sp³-hybridized carbons (Fsp3) is 0.250. The first-order valence-electron chi connectivity index (χ1n) is 6.62. The van der Waals surface area contributed by atoms with E-state index in [9.17, 15) is 14.0 Å². The monoisotopic (exact) mass is 289 g/mol. The van der Waals surface area contributed by atoms with E-state index >= 15 is 0 Å². The third kappa shape index (κ3) is 2.86. The van der Waals surface area contributed by atoms with Crippen LogP contribution >= 0.6 is 0 Å². The van der Waals surface area contributed by atoms with Crippen LogP contribution in [0.3, 0.4) is 0 Å². The van der Waals surface area contributed by atoms with Crippen molar-refractivity contribution in [3.05, 3.63) is 58.2 Å². The number of ketones is 1. The van der Waals surface area contributed by atoms with Crippen LogP contribution in [0.4, 0.5) is 4.39 Å². The molecule has 0 saturated heterocycles. The SMILES string of the molecule is CCOC(=O)c1[nH]c(C)c(C(=O)c2ccc(F)cc2)c1C. The zero-order valence-electron chi connectivity index (χ0n) is 12.1. The molecule has 0 bridgehead atoms. The van der Waals surface area contributed by atoms with E-state index in [1.807, 2.05) is 0 Å². The van der Waals surface area contributed by atoms with Crippen molar-refractivity contribution < 1.29 is 18.7 Å². The topological polar surface area (TPSA) is 59.2 Å². The molecule has 0 fully saturated rings. The van der Waals surface area contributed by atoms with Crippen LogP contribution in [0.25, 0.3) is 0 Å². The van der Waals surface area contributed by atoms with E-state index in [0.29, 0.717) is 22.4 Å². The van der Waals surface area contributed by atoms with Crippen molar-refractivity contribution >= 4 is 11.8 Å². The number of aromatic amines is 1. The summed E-state index contributed by atoms with van der Waals surface area (Å²) >= 11 is 0. The Kier molecular flexibility index (Phi) is 4.21. The minimum atomic E-state index is -0.490. The average Bonchev–Trinajstić information content (AvgIpc) is 2.74. The highest BCUT2D eigenvalue weighted by Crippen LogP contribution is 2.22. The average molecular weight is 289 g/mol. The van der Waals surface area contributed by atoms with Gasteiger partial charge in [0, 0.05) is 16.8 Å². The highest BCUT2D eigenvalue weighted by Gasteiger charge is 2.23. The number of aromatic nitrogens is 1. The number of esters is 1. The lowest BCUT2D eigenvalue weighted by Crippen LogP contribution is -2.08. The molecule has 0 aliphatic carbocycles. The summed E-state index contributed by atoms with van der Waals surface area (Å²) in [4.78, 5) is 27.2. The maximum Gasteiger partial charge on any atom is 0.355 e. The smallest absolute Gasteiger partial charge is 0.355 e. The maximum atomic E-state index is 12.9. The molecule has 2 rings (SSSR count). The van der Waals surface area contributed by atoms with Gasteiger partial charge < -0.3 is 9.72 Å². The zero-order valence-corrected chi connectivity index (χ0v) is 12.1. The second-order valence-electron chi connectivity index (χ2n) is 4.68. The summed E-state index contributed by atoms with van der Waals surface area (Å²) in [6.07, 6.45) is 0. The Morgan fingerprint density at radius 3 is 2.38 bits per heavy atom. The lowest BCUT2D eigenvalue weighted by molar-refractivity contribution is 0.0519. The number of H-pyrrole nitrogens is 1. The Morgan fingerprint density at radius 1 is 1.19 bits per heavy atom. The Balaban J connectivity index is 2.42. The number of halogens is 1. The van der Waals surface area contributed by atoms with Crippen molar-refractivity contribution in [2.24, 2.45) is 0 Å². The number of benzene rings is 1. The molecule has 0 atom stereocenters. The van der Waals surface area contributed by atoms with Gasteiger partial charge in [0.15, 0.2) is 5.78 Å². The molecule has 110 valence electrons. The summed E-state index contributed by atoms with van der Waals surface area (Å²) in [5.41, 5.74) is 2.20. The predicted octanol–water partition coefficient (Wildman–Crippen LogP) is 3.18. The standard InChI is InChI=1S/C16H16FNO3/c1-4-21-16(20)14-9(2)13(10(3)18-14)15(19)11-5-7-12(17)8-6-11/h5-8,18H,4H2,1-3H3. The molecule has 0 unspecified atom stereocenters. The van der Waals surface area contributed by atoms with Gasteiger partial charge in [-0.3, -0.25) is 4.79 Å². The second kappa shape index (κ2) is 5.91. The van der Waals surface area contributed by atoms with E-state index in [1.165, 1.54) is 24.3 Å². The van der Waals surface area contributed by atoms with Crippen LogP contribution in [-0.2, 0) is 4.74 Å². The second-order valence-corrected chi connectivity index (χ2v) is 4.68. The molecule has 1 heterocycles. The van der Waals surface area contributed by atoms with Gasteiger partial charge >= 0.3 is 5.97 Å². The molecule has 1 aromatic carbocycles. The van der Waals surface area contributed by atoms with Gasteiger partial charge in [0.1, 0.15) is 11.5 Å². The van der Waals surface area contributed by atoms with Gasteiger partial charge in [-0.15, -0.1) is 0 Å². The quantitative estimate of drug-likeness (QED) is 0.694. The van der Waals surface area contributed by atoms with Crippen molar-refractivity contribution in [3.8, 4) is 0 Å². The number of carbonyl (C=O) groups excluding carboxylic acids is 2. The van der Waals surface area contributed by atoms with Crippen LogP contribution in [0.15, 0.2) is 24.3 Å². The predicted molar refractivity (Wildman–Crippen MR) is 76.1 cm³/mol. The summed E-state index contributed by atoms with van der Waals surface area (Å²) < 4.78 is 17.9. The van der Waals surface area contributed by atoms with Crippen molar-refractivity contribution in [1.29, 1.82) is 0 Å². The van der Waals surface area contributed by atoms with Gasteiger partial charge in [-0.2, -0.15) is 0 Å². The highest BCUT2D eigenvalue weighted by atomic mass is 19.1. The number of hydrogen-bond donors (Lipinski definition) is 1. The molecule has 2 aromatic rings. The van der Waals surface area contributed by atoms with Crippen molar-refractivity contribution in [2.75, 3.05) is 6.61 Å². The van der Waals surface area contributed by atoms with Gasteiger partial charge in [-0.1, -0.05) is 0 Å². The van der Waals surface area contributed by atoms with Crippen LogP contribution in [0.5, 0.6) is 0 Å². The minimum absolute atomic E-state index is 0.253. The summed E-state index contributed by atoms with van der Waals surface area (Å²) in [7, 11) is 0. The van der Waals surface area contributed by atoms with Gasteiger partial charge in [0.2, 0.25) is 0 Å². The van der Waals surface area contributed by atoms with E-state index in [-0.39, 0.29) is 18.1 Å². The molecule has 0 amide bonds. The Labute approximate surface area is 121 Å².